The van der Waals surface area contributed by atoms with E-state index in [0.29, 0.717) is 40.3 Å². The van der Waals surface area contributed by atoms with E-state index in [0.717, 1.165) is 5.57 Å². The van der Waals surface area contributed by atoms with Crippen molar-refractivity contribution in [2.75, 3.05) is 4.90 Å². The minimum Gasteiger partial charge on any atom is -0.507 e. The number of imide groups is 1. The number of phenolic OH excluding ortho intramolecular Hbond substituents is 1. The molecule has 40 heavy (non-hydrogen) atoms. The predicted octanol–water partition coefficient (Wildman–Crippen LogP) is 5.73. The number of hydrogen-bond acceptors (Lipinski definition) is 5. The van der Waals surface area contributed by atoms with E-state index in [-0.39, 0.29) is 35.6 Å². The molecule has 1 saturated heterocycles. The van der Waals surface area contributed by atoms with Crippen molar-refractivity contribution in [3.8, 4) is 5.75 Å². The Balaban J connectivity index is 1.51. The molecule has 0 spiro atoms. The van der Waals surface area contributed by atoms with Crippen LogP contribution in [-0.2, 0) is 25.6 Å². The van der Waals surface area contributed by atoms with Crippen LogP contribution in [0.1, 0.15) is 43.7 Å². The number of carbonyl (C=O) groups excluding carboxylic acids is 4. The van der Waals surface area contributed by atoms with Crippen molar-refractivity contribution in [1.82, 2.24) is 0 Å². The lowest BCUT2D eigenvalue weighted by Gasteiger charge is -2.53. The number of Topliss-reactive ketones (excluding diaryl/α,β-unsaturated/α-hetero) is 1. The number of aromatic hydroxyl groups is 1. The standard InChI is InChI=1S/C33H30ClNO5/c1-4-6-18-7-5-8-23(29(18)37)28-21-13-14-22-27(32(40)35(31(22)39)20-11-9-19(34)10-12-20)24(21)16-25-26(36)15-17(2)30(38)33(25,28)3/h4-5,7-13,15,22,24-25,27-28,37H,1,6,14,16H2,2-3H3/t22-,24+,25-,27-,28+,33+/m0/s1. The molecule has 2 aromatic rings. The molecule has 3 aliphatic carbocycles. The molecule has 4 aliphatic rings. The quantitative estimate of drug-likeness (QED) is 0.384. The Morgan fingerprint density at radius 1 is 1.07 bits per heavy atom. The second-order valence-electron chi connectivity index (χ2n) is 11.6. The minimum absolute atomic E-state index is 0.0696. The van der Waals surface area contributed by atoms with Gasteiger partial charge in [-0.2, -0.15) is 0 Å². The molecular formula is C33H30ClNO5. The van der Waals surface area contributed by atoms with E-state index in [1.807, 2.05) is 25.1 Å². The lowest BCUT2D eigenvalue weighted by molar-refractivity contribution is -0.141. The highest BCUT2D eigenvalue weighted by molar-refractivity contribution is 6.31. The van der Waals surface area contributed by atoms with Gasteiger partial charge in [0.2, 0.25) is 11.8 Å². The van der Waals surface area contributed by atoms with E-state index in [9.17, 15) is 24.3 Å². The van der Waals surface area contributed by atoms with E-state index in [1.165, 1.54) is 11.0 Å². The van der Waals surface area contributed by atoms with Crippen LogP contribution < -0.4 is 4.90 Å². The van der Waals surface area contributed by atoms with Crippen molar-refractivity contribution in [2.45, 2.75) is 39.0 Å². The molecule has 2 fully saturated rings. The van der Waals surface area contributed by atoms with Crippen molar-refractivity contribution in [1.29, 1.82) is 0 Å². The second kappa shape index (κ2) is 9.41. The third-order valence-electron chi connectivity index (χ3n) is 9.55. The molecule has 2 amide bonds. The summed E-state index contributed by atoms with van der Waals surface area (Å²) in [6.45, 7) is 7.28. The summed E-state index contributed by atoms with van der Waals surface area (Å²) in [6.07, 6.45) is 6.17. The van der Waals surface area contributed by atoms with Crippen molar-refractivity contribution in [3.05, 3.63) is 94.6 Å². The topological polar surface area (TPSA) is 91.8 Å². The number of benzene rings is 2. The van der Waals surface area contributed by atoms with Crippen LogP contribution in [0, 0.1) is 29.1 Å². The molecule has 1 saturated carbocycles. The van der Waals surface area contributed by atoms with Crippen LogP contribution in [0.15, 0.2) is 78.4 Å². The maximum Gasteiger partial charge on any atom is 0.238 e. The number of carbonyl (C=O) groups is 4. The first-order valence-electron chi connectivity index (χ1n) is 13.6. The Labute approximate surface area is 238 Å². The number of fused-ring (bicyclic) bond motifs is 4. The molecule has 6 rings (SSSR count). The van der Waals surface area contributed by atoms with E-state index in [2.05, 4.69) is 6.58 Å². The first kappa shape index (κ1) is 26.5. The Kier molecular flexibility index (Phi) is 6.22. The number of para-hydroxylation sites is 1. The molecule has 0 unspecified atom stereocenters. The van der Waals surface area contributed by atoms with Crippen LogP contribution in [0.25, 0.3) is 0 Å². The second-order valence-corrected chi connectivity index (χ2v) is 12.0. The summed E-state index contributed by atoms with van der Waals surface area (Å²) in [4.78, 5) is 56.3. The summed E-state index contributed by atoms with van der Waals surface area (Å²) >= 11 is 6.05. The molecule has 2 aromatic carbocycles. The fraction of sp³-hybridized carbons (Fsp3) is 0.333. The molecular weight excluding hydrogens is 526 g/mol. The van der Waals surface area contributed by atoms with Gasteiger partial charge in [-0.15, -0.1) is 6.58 Å². The fourth-order valence-electron chi connectivity index (χ4n) is 7.75. The first-order chi connectivity index (χ1) is 19.1. The summed E-state index contributed by atoms with van der Waals surface area (Å²) in [7, 11) is 0. The van der Waals surface area contributed by atoms with Gasteiger partial charge in [0.15, 0.2) is 11.6 Å². The smallest absolute Gasteiger partial charge is 0.238 e. The fourth-order valence-corrected chi connectivity index (χ4v) is 7.87. The highest BCUT2D eigenvalue weighted by atomic mass is 35.5. The molecule has 6 atom stereocenters. The van der Waals surface area contributed by atoms with Gasteiger partial charge < -0.3 is 5.11 Å². The Bertz CT molecular complexity index is 1550. The maximum atomic E-state index is 14.0. The number of hydrogen-bond donors (Lipinski definition) is 1. The molecule has 0 radical (unpaired) electrons. The zero-order chi connectivity index (χ0) is 28.5. The SMILES string of the molecule is C=CCc1cccc([C@H]2C3=CC[C@@H]4C(=O)N(c5ccc(Cl)cc5)C(=O)[C@@H]4[C@@H]3C[C@H]3C(=O)C=C(C)C(=O)[C@@]23C)c1O. The van der Waals surface area contributed by atoms with Gasteiger partial charge in [0, 0.05) is 22.4 Å². The first-order valence-corrected chi connectivity index (χ1v) is 14.0. The zero-order valence-electron chi connectivity index (χ0n) is 22.4. The summed E-state index contributed by atoms with van der Waals surface area (Å²) < 4.78 is 0. The van der Waals surface area contributed by atoms with Gasteiger partial charge in [-0.25, -0.2) is 0 Å². The van der Waals surface area contributed by atoms with E-state index >= 15 is 0 Å². The van der Waals surface area contributed by atoms with Crippen molar-refractivity contribution >= 4 is 40.7 Å². The van der Waals surface area contributed by atoms with Crippen LogP contribution >= 0.6 is 11.6 Å². The largest absolute Gasteiger partial charge is 0.507 e. The summed E-state index contributed by atoms with van der Waals surface area (Å²) in [6, 6.07) is 12.1. The average Bonchev–Trinajstić information content (AvgIpc) is 3.18. The number of phenols is 1. The molecule has 1 N–H and O–H groups in total. The number of nitrogens with zero attached hydrogens (tertiary/aromatic N) is 1. The molecule has 6 nitrogen and oxygen atoms in total. The molecule has 0 bridgehead atoms. The van der Waals surface area contributed by atoms with Gasteiger partial charge >= 0.3 is 0 Å². The predicted molar refractivity (Wildman–Crippen MR) is 152 cm³/mol. The van der Waals surface area contributed by atoms with Gasteiger partial charge in [0.05, 0.1) is 22.9 Å². The minimum atomic E-state index is -1.14. The number of rotatable bonds is 4. The van der Waals surface area contributed by atoms with E-state index < -0.39 is 35.0 Å². The summed E-state index contributed by atoms with van der Waals surface area (Å²) in [5.41, 5.74) is 1.79. The lowest BCUT2D eigenvalue weighted by atomic mass is 9.47. The lowest BCUT2D eigenvalue weighted by Crippen LogP contribution is -2.54. The average molecular weight is 556 g/mol. The maximum absolute atomic E-state index is 14.0. The highest BCUT2D eigenvalue weighted by Gasteiger charge is 2.63. The van der Waals surface area contributed by atoms with Gasteiger partial charge in [0.25, 0.3) is 0 Å². The van der Waals surface area contributed by atoms with E-state index in [1.54, 1.807) is 43.3 Å². The van der Waals surface area contributed by atoms with Gasteiger partial charge in [-0.3, -0.25) is 24.1 Å². The van der Waals surface area contributed by atoms with Crippen LogP contribution in [0.4, 0.5) is 5.69 Å². The number of amides is 2. The Morgan fingerprint density at radius 2 is 1.80 bits per heavy atom. The van der Waals surface area contributed by atoms with Crippen molar-refractivity contribution < 1.29 is 24.3 Å². The van der Waals surface area contributed by atoms with Crippen molar-refractivity contribution in [3.63, 3.8) is 0 Å². The van der Waals surface area contributed by atoms with Gasteiger partial charge in [-0.1, -0.05) is 54.4 Å². The van der Waals surface area contributed by atoms with Crippen LogP contribution in [0.3, 0.4) is 0 Å². The number of anilines is 1. The van der Waals surface area contributed by atoms with Gasteiger partial charge in [-0.05, 0) is 73.6 Å². The zero-order valence-corrected chi connectivity index (χ0v) is 23.1. The van der Waals surface area contributed by atoms with Gasteiger partial charge in [0.1, 0.15) is 5.75 Å². The van der Waals surface area contributed by atoms with Crippen LogP contribution in [0.5, 0.6) is 5.75 Å². The third-order valence-corrected chi connectivity index (χ3v) is 9.80. The molecule has 204 valence electrons. The molecule has 1 heterocycles. The highest BCUT2D eigenvalue weighted by Crippen LogP contribution is 2.63. The monoisotopic (exact) mass is 555 g/mol. The molecule has 0 aromatic heterocycles. The Hall–Kier alpha value is -3.77. The molecule has 1 aliphatic heterocycles. The van der Waals surface area contributed by atoms with E-state index in [4.69, 9.17) is 11.6 Å². The number of allylic oxidation sites excluding steroid dienone is 5. The third kappa shape index (κ3) is 3.62. The molecule has 7 heteroatoms. The van der Waals surface area contributed by atoms with Crippen molar-refractivity contribution in [2.24, 2.45) is 29.1 Å². The number of ketones is 2. The summed E-state index contributed by atoms with van der Waals surface area (Å²) in [5.74, 6) is -3.76. The normalized spacial score (nSPS) is 31.3. The Morgan fingerprint density at radius 3 is 2.50 bits per heavy atom. The van der Waals surface area contributed by atoms with Crippen LogP contribution in [-0.4, -0.2) is 28.5 Å². The summed E-state index contributed by atoms with van der Waals surface area (Å²) in [5, 5.41) is 12.0. The number of halogens is 1. The van der Waals surface area contributed by atoms with Crippen LogP contribution in [0.2, 0.25) is 5.02 Å².